The number of rotatable bonds is 1. The fraction of sp³-hybridized carbons (Fsp3) is 0.857. The van der Waals surface area contributed by atoms with Gasteiger partial charge < -0.3 is 10.6 Å². The number of carbonyl (C=O) groups is 1. The van der Waals surface area contributed by atoms with Crippen molar-refractivity contribution in [1.29, 1.82) is 0 Å². The van der Waals surface area contributed by atoms with Crippen molar-refractivity contribution in [2.24, 2.45) is 0 Å². The maximum atomic E-state index is 11.9. The molecule has 0 bridgehead atoms. The third kappa shape index (κ3) is 2.33. The first-order valence-corrected chi connectivity index (χ1v) is 3.99. The third-order valence-electron chi connectivity index (χ3n) is 1.99. The quantitative estimate of drug-likeness (QED) is 0.626. The lowest BCUT2D eigenvalue weighted by Crippen LogP contribution is -2.43. The van der Waals surface area contributed by atoms with Crippen LogP contribution in [0.1, 0.15) is 12.8 Å². The molecular weight excluding hydrogens is 185 g/mol. The monoisotopic (exact) mass is 195 g/mol. The predicted molar refractivity (Wildman–Crippen MR) is 40.0 cm³/mol. The molecule has 0 radical (unpaired) electrons. The average Bonchev–Trinajstić information content (AvgIpc) is 2.51. The molecule has 0 saturated carbocycles. The molecule has 3 nitrogen and oxygen atoms in total. The zero-order chi connectivity index (χ0) is 10.1. The summed E-state index contributed by atoms with van der Waals surface area (Å²) in [7, 11) is 0. The Balaban J connectivity index is 2.56. The zero-order valence-electron chi connectivity index (χ0n) is 6.90. The molecule has 1 aliphatic heterocycles. The van der Waals surface area contributed by atoms with Gasteiger partial charge in [0.05, 0.1) is 0 Å². The van der Waals surface area contributed by atoms with Gasteiger partial charge in [-0.3, -0.25) is 4.79 Å². The number of alkyl halides is 3. The minimum absolute atomic E-state index is 0.351. The van der Waals surface area contributed by atoms with E-state index in [1.165, 1.54) is 0 Å². The Bertz CT molecular complexity index is 198. The van der Waals surface area contributed by atoms with E-state index in [4.69, 9.17) is 5.73 Å². The maximum absolute atomic E-state index is 11.9. The van der Waals surface area contributed by atoms with E-state index < -0.39 is 18.1 Å². The summed E-state index contributed by atoms with van der Waals surface area (Å²) < 4.78 is 35.8. The van der Waals surface area contributed by atoms with Crippen molar-refractivity contribution >= 4 is 5.91 Å². The normalized spacial score (nSPS) is 20.5. The molecule has 1 amide bonds. The standard InChI is InChI=1S/C7H10F3N2O/c8-7(9,10)5(11)6(13)12-3-1-2-4-12/h5,11H,1-4H2/q-1. The highest BCUT2D eigenvalue weighted by molar-refractivity contribution is 5.84. The molecule has 76 valence electrons. The molecule has 0 aromatic carbocycles. The number of nitrogens with zero attached hydrogens (tertiary/aromatic N) is 1. The van der Waals surface area contributed by atoms with Gasteiger partial charge in [-0.05, 0) is 12.8 Å². The number of nitrogens with one attached hydrogen (secondary N) is 1. The molecule has 0 aromatic rings. The Labute approximate surface area is 73.7 Å². The van der Waals surface area contributed by atoms with Gasteiger partial charge in [0.25, 0.3) is 0 Å². The van der Waals surface area contributed by atoms with Crippen molar-refractivity contribution in [3.63, 3.8) is 0 Å². The summed E-state index contributed by atoms with van der Waals surface area (Å²) >= 11 is 0. The molecule has 0 aromatic heterocycles. The Hall–Kier alpha value is -0.780. The minimum Gasteiger partial charge on any atom is -0.659 e. The second kappa shape index (κ2) is 3.53. The molecule has 1 saturated heterocycles. The summed E-state index contributed by atoms with van der Waals surface area (Å²) in [5.74, 6) is -1.12. The van der Waals surface area contributed by atoms with Crippen LogP contribution in [0.25, 0.3) is 5.73 Å². The average molecular weight is 195 g/mol. The summed E-state index contributed by atoms with van der Waals surface area (Å²) in [6.45, 7) is 0.703. The lowest BCUT2D eigenvalue weighted by Gasteiger charge is -2.27. The van der Waals surface area contributed by atoms with Crippen molar-refractivity contribution in [3.8, 4) is 0 Å². The lowest BCUT2D eigenvalue weighted by molar-refractivity contribution is -0.163. The van der Waals surface area contributed by atoms with Gasteiger partial charge in [0, 0.05) is 19.1 Å². The van der Waals surface area contributed by atoms with Crippen molar-refractivity contribution in [3.05, 3.63) is 5.73 Å². The van der Waals surface area contributed by atoms with Gasteiger partial charge in [-0.25, -0.2) is 0 Å². The van der Waals surface area contributed by atoms with Crippen LogP contribution in [0.4, 0.5) is 13.2 Å². The van der Waals surface area contributed by atoms with Crippen LogP contribution >= 0.6 is 0 Å². The summed E-state index contributed by atoms with van der Waals surface area (Å²) in [6.07, 6.45) is -3.27. The SMILES string of the molecule is [NH-]C(C(=O)N1CCCC1)C(F)(F)F. The van der Waals surface area contributed by atoms with E-state index in [9.17, 15) is 18.0 Å². The highest BCUT2D eigenvalue weighted by Crippen LogP contribution is 2.24. The number of carbonyl (C=O) groups excluding carboxylic acids is 1. The molecule has 1 unspecified atom stereocenters. The molecule has 0 spiro atoms. The van der Waals surface area contributed by atoms with E-state index in [2.05, 4.69) is 0 Å². The van der Waals surface area contributed by atoms with Gasteiger partial charge in [-0.15, -0.1) is 0 Å². The van der Waals surface area contributed by atoms with E-state index in [0.29, 0.717) is 13.1 Å². The molecule has 0 aliphatic carbocycles. The number of likely N-dealkylation sites (tertiary alicyclic amines) is 1. The number of hydrogen-bond donors (Lipinski definition) is 0. The molecule has 1 N–H and O–H groups in total. The second-order valence-electron chi connectivity index (χ2n) is 3.01. The second-order valence-corrected chi connectivity index (χ2v) is 3.01. The maximum Gasteiger partial charge on any atom is 0.382 e. The van der Waals surface area contributed by atoms with Crippen molar-refractivity contribution < 1.29 is 18.0 Å². The van der Waals surface area contributed by atoms with Crippen LogP contribution in [0.5, 0.6) is 0 Å². The summed E-state index contributed by atoms with van der Waals surface area (Å²) in [6, 6.07) is -2.61. The van der Waals surface area contributed by atoms with Crippen LogP contribution < -0.4 is 0 Å². The van der Waals surface area contributed by atoms with Crippen molar-refractivity contribution in [1.82, 2.24) is 4.90 Å². The van der Waals surface area contributed by atoms with Gasteiger partial charge in [0.1, 0.15) is 0 Å². The number of halogens is 3. The molecule has 6 heteroatoms. The lowest BCUT2D eigenvalue weighted by atomic mass is 10.2. The first-order chi connectivity index (χ1) is 5.93. The molecule has 13 heavy (non-hydrogen) atoms. The zero-order valence-corrected chi connectivity index (χ0v) is 6.90. The fourth-order valence-electron chi connectivity index (χ4n) is 1.26. The molecule has 1 rings (SSSR count). The van der Waals surface area contributed by atoms with Gasteiger partial charge in [-0.2, -0.15) is 13.2 Å². The molecule has 1 atom stereocenters. The molecule has 1 heterocycles. The topological polar surface area (TPSA) is 44.1 Å². The van der Waals surface area contributed by atoms with Crippen molar-refractivity contribution in [2.75, 3.05) is 13.1 Å². The Morgan fingerprint density at radius 2 is 1.77 bits per heavy atom. The van der Waals surface area contributed by atoms with E-state index in [1.807, 2.05) is 0 Å². The third-order valence-corrected chi connectivity index (χ3v) is 1.99. The first-order valence-electron chi connectivity index (χ1n) is 3.99. The van der Waals surface area contributed by atoms with Gasteiger partial charge in [0.15, 0.2) is 0 Å². The van der Waals surface area contributed by atoms with E-state index in [0.717, 1.165) is 17.7 Å². The summed E-state index contributed by atoms with van der Waals surface area (Å²) in [4.78, 5) is 12.1. The van der Waals surface area contributed by atoms with Gasteiger partial charge >= 0.3 is 6.18 Å². The minimum atomic E-state index is -4.74. The molecular formula is C7H10F3N2O-. The highest BCUT2D eigenvalue weighted by Gasteiger charge is 2.38. The first kappa shape index (κ1) is 10.3. The Kier molecular flexibility index (Phi) is 2.80. The fourth-order valence-corrected chi connectivity index (χ4v) is 1.26. The summed E-state index contributed by atoms with van der Waals surface area (Å²) in [5, 5.41) is 0. The predicted octanol–water partition coefficient (Wildman–Crippen LogP) is 1.59. The van der Waals surface area contributed by atoms with Gasteiger partial charge in [0.2, 0.25) is 5.91 Å². The molecule has 1 aliphatic rings. The van der Waals surface area contributed by atoms with Crippen LogP contribution in [0, 0.1) is 0 Å². The van der Waals surface area contributed by atoms with Crippen molar-refractivity contribution in [2.45, 2.75) is 25.1 Å². The number of amides is 1. The van der Waals surface area contributed by atoms with Crippen LogP contribution in [-0.4, -0.2) is 36.1 Å². The highest BCUT2D eigenvalue weighted by atomic mass is 19.4. The molecule has 1 fully saturated rings. The Morgan fingerprint density at radius 1 is 1.31 bits per heavy atom. The van der Waals surface area contributed by atoms with Crippen LogP contribution in [0.3, 0.4) is 0 Å². The van der Waals surface area contributed by atoms with E-state index >= 15 is 0 Å². The number of hydrogen-bond acceptors (Lipinski definition) is 1. The van der Waals surface area contributed by atoms with Crippen LogP contribution in [0.15, 0.2) is 0 Å². The van der Waals surface area contributed by atoms with Crippen LogP contribution in [0.2, 0.25) is 0 Å². The summed E-state index contributed by atoms with van der Waals surface area (Å²) in [5.41, 5.74) is 6.68. The van der Waals surface area contributed by atoms with Gasteiger partial charge in [-0.1, -0.05) is 0 Å². The van der Waals surface area contributed by atoms with Crippen LogP contribution in [-0.2, 0) is 4.79 Å². The van der Waals surface area contributed by atoms with E-state index in [-0.39, 0.29) is 0 Å². The smallest absolute Gasteiger partial charge is 0.382 e. The Morgan fingerprint density at radius 3 is 2.15 bits per heavy atom. The van der Waals surface area contributed by atoms with E-state index in [1.54, 1.807) is 0 Å². The largest absolute Gasteiger partial charge is 0.659 e.